The smallest absolute Gasteiger partial charge is 0.268 e. The first-order chi connectivity index (χ1) is 7.98. The first-order valence-corrected chi connectivity index (χ1v) is 5.42. The van der Waals surface area contributed by atoms with E-state index in [2.05, 4.69) is 10.3 Å². The molecule has 0 saturated carbocycles. The Morgan fingerprint density at radius 1 is 1.29 bits per heavy atom. The second-order valence-corrected chi connectivity index (χ2v) is 4.34. The minimum absolute atomic E-state index is 0.0692. The van der Waals surface area contributed by atoms with Crippen LogP contribution in [-0.4, -0.2) is 51.6 Å². The van der Waals surface area contributed by atoms with Crippen LogP contribution in [0.5, 0.6) is 0 Å². The van der Waals surface area contributed by atoms with Crippen molar-refractivity contribution in [1.29, 1.82) is 0 Å². The number of carbonyl (C=O) groups excluding carboxylic acids is 1. The third-order valence-electron chi connectivity index (χ3n) is 2.26. The number of H-pyrrole nitrogens is 1. The van der Waals surface area contributed by atoms with E-state index in [1.54, 1.807) is 0 Å². The highest BCUT2D eigenvalue weighted by atomic mass is 35.5. The van der Waals surface area contributed by atoms with Crippen molar-refractivity contribution in [3.05, 3.63) is 21.9 Å². The lowest BCUT2D eigenvalue weighted by Gasteiger charge is -2.28. The summed E-state index contributed by atoms with van der Waals surface area (Å²) in [5.41, 5.74) is -1.42. The molecule has 1 aromatic rings. The minimum atomic E-state index is -1.48. The van der Waals surface area contributed by atoms with Crippen molar-refractivity contribution in [2.45, 2.75) is 5.54 Å². The molecule has 1 amide bonds. The first-order valence-electron chi connectivity index (χ1n) is 4.67. The number of aromatic nitrogens is 1. The zero-order chi connectivity index (χ0) is 13.1. The van der Waals surface area contributed by atoms with Gasteiger partial charge in [-0.2, -0.15) is 0 Å². The molecule has 0 bridgehead atoms. The lowest BCUT2D eigenvalue weighted by atomic mass is 10.0. The Kier molecular flexibility index (Phi) is 4.79. The summed E-state index contributed by atoms with van der Waals surface area (Å²) in [5.74, 6) is -0.643. The molecule has 1 aromatic heterocycles. The molecule has 6 nitrogen and oxygen atoms in total. The summed E-state index contributed by atoms with van der Waals surface area (Å²) in [6.45, 7) is -1.81. The molecule has 0 aliphatic carbocycles. The standard InChI is InChI=1S/C9H12Cl2N2O4/c10-5-1-6(12-7(5)11)8(17)13-9(2-14,3-15)4-16/h1,12,14-16H,2-4H2,(H,13,17). The maximum absolute atomic E-state index is 11.7. The van der Waals surface area contributed by atoms with E-state index in [0.29, 0.717) is 0 Å². The van der Waals surface area contributed by atoms with Crippen LogP contribution in [0.15, 0.2) is 6.07 Å². The molecule has 5 N–H and O–H groups in total. The minimum Gasteiger partial charge on any atom is -0.394 e. The molecular weight excluding hydrogens is 271 g/mol. The van der Waals surface area contributed by atoms with Crippen LogP contribution in [0.3, 0.4) is 0 Å². The van der Waals surface area contributed by atoms with Gasteiger partial charge in [0.05, 0.1) is 24.8 Å². The van der Waals surface area contributed by atoms with Crippen LogP contribution in [0.2, 0.25) is 10.2 Å². The summed E-state index contributed by atoms with van der Waals surface area (Å²) in [7, 11) is 0. The van der Waals surface area contributed by atoms with Crippen LogP contribution in [0.1, 0.15) is 10.5 Å². The van der Waals surface area contributed by atoms with Gasteiger partial charge in [-0.1, -0.05) is 23.2 Å². The zero-order valence-corrected chi connectivity index (χ0v) is 10.2. The van der Waals surface area contributed by atoms with Crippen LogP contribution < -0.4 is 5.32 Å². The number of nitrogens with one attached hydrogen (secondary N) is 2. The number of aliphatic hydroxyl groups is 3. The molecule has 0 spiro atoms. The predicted octanol–water partition coefficient (Wildman–Crippen LogP) is -0.233. The SMILES string of the molecule is O=C(NC(CO)(CO)CO)c1cc(Cl)c(Cl)[nH]1. The molecule has 0 atom stereocenters. The van der Waals surface area contributed by atoms with Crippen LogP contribution >= 0.6 is 23.2 Å². The quantitative estimate of drug-likeness (QED) is 0.514. The third kappa shape index (κ3) is 3.11. The van der Waals surface area contributed by atoms with Crippen molar-refractivity contribution >= 4 is 29.1 Å². The Labute approximate surface area is 107 Å². The molecule has 1 rings (SSSR count). The van der Waals surface area contributed by atoms with Gasteiger partial charge in [0, 0.05) is 0 Å². The second kappa shape index (κ2) is 5.70. The molecule has 0 aromatic carbocycles. The summed E-state index contributed by atoms with van der Waals surface area (Å²) in [4.78, 5) is 14.2. The summed E-state index contributed by atoms with van der Waals surface area (Å²) in [6.07, 6.45) is 0. The summed E-state index contributed by atoms with van der Waals surface area (Å²) < 4.78 is 0. The van der Waals surface area contributed by atoms with Gasteiger partial charge in [-0.25, -0.2) is 0 Å². The van der Waals surface area contributed by atoms with E-state index in [1.807, 2.05) is 0 Å². The average molecular weight is 283 g/mol. The van der Waals surface area contributed by atoms with Crippen LogP contribution in [-0.2, 0) is 0 Å². The number of halogens is 2. The lowest BCUT2D eigenvalue weighted by molar-refractivity contribution is 0.0373. The molecule has 0 radical (unpaired) electrons. The molecule has 1 heterocycles. The number of aliphatic hydroxyl groups excluding tert-OH is 3. The van der Waals surface area contributed by atoms with E-state index >= 15 is 0 Å². The number of amides is 1. The highest BCUT2D eigenvalue weighted by Gasteiger charge is 2.30. The monoisotopic (exact) mass is 282 g/mol. The van der Waals surface area contributed by atoms with Gasteiger partial charge >= 0.3 is 0 Å². The Balaban J connectivity index is 2.84. The van der Waals surface area contributed by atoms with Crippen LogP contribution in [0.4, 0.5) is 0 Å². The Morgan fingerprint density at radius 2 is 1.82 bits per heavy atom. The zero-order valence-electron chi connectivity index (χ0n) is 8.70. The summed E-state index contributed by atoms with van der Waals surface area (Å²) in [6, 6.07) is 1.30. The highest BCUT2D eigenvalue weighted by molar-refractivity contribution is 6.41. The van der Waals surface area contributed by atoms with Gasteiger partial charge in [0.1, 0.15) is 16.4 Å². The van der Waals surface area contributed by atoms with Crippen LogP contribution in [0, 0.1) is 0 Å². The third-order valence-corrected chi connectivity index (χ3v) is 2.95. The highest BCUT2D eigenvalue weighted by Crippen LogP contribution is 2.22. The predicted molar refractivity (Wildman–Crippen MR) is 62.3 cm³/mol. The largest absolute Gasteiger partial charge is 0.394 e. The normalized spacial score (nSPS) is 11.6. The number of aromatic amines is 1. The molecule has 0 fully saturated rings. The Hall–Kier alpha value is -0.790. The second-order valence-electron chi connectivity index (χ2n) is 3.55. The maximum atomic E-state index is 11.7. The van der Waals surface area contributed by atoms with Crippen molar-refractivity contribution in [2.75, 3.05) is 19.8 Å². The first kappa shape index (κ1) is 14.3. The molecule has 0 unspecified atom stereocenters. The Bertz CT molecular complexity index is 376. The van der Waals surface area contributed by atoms with E-state index < -0.39 is 31.3 Å². The van der Waals surface area contributed by atoms with Gasteiger partial charge in [0.25, 0.3) is 5.91 Å². The van der Waals surface area contributed by atoms with E-state index in [1.165, 1.54) is 6.07 Å². The van der Waals surface area contributed by atoms with E-state index in [0.717, 1.165) is 0 Å². The van der Waals surface area contributed by atoms with Gasteiger partial charge in [0.15, 0.2) is 0 Å². The molecule has 0 aliphatic heterocycles. The van der Waals surface area contributed by atoms with E-state index in [4.69, 9.17) is 38.5 Å². The van der Waals surface area contributed by atoms with Gasteiger partial charge in [0.2, 0.25) is 0 Å². The molecule has 17 heavy (non-hydrogen) atoms. The van der Waals surface area contributed by atoms with E-state index in [9.17, 15) is 4.79 Å². The average Bonchev–Trinajstić information content (AvgIpc) is 2.67. The number of hydrogen-bond acceptors (Lipinski definition) is 4. The molecule has 96 valence electrons. The van der Waals surface area contributed by atoms with Crippen molar-refractivity contribution in [2.24, 2.45) is 0 Å². The number of rotatable bonds is 5. The fraction of sp³-hybridized carbons (Fsp3) is 0.444. The van der Waals surface area contributed by atoms with Crippen molar-refractivity contribution in [1.82, 2.24) is 10.3 Å². The number of hydrogen-bond donors (Lipinski definition) is 5. The fourth-order valence-corrected chi connectivity index (χ4v) is 1.42. The van der Waals surface area contributed by atoms with Crippen molar-refractivity contribution in [3.63, 3.8) is 0 Å². The number of carbonyl (C=O) groups is 1. The molecule has 0 aliphatic rings. The molecule has 8 heteroatoms. The van der Waals surface area contributed by atoms with Gasteiger partial charge in [-0.05, 0) is 6.07 Å². The van der Waals surface area contributed by atoms with E-state index in [-0.39, 0.29) is 15.9 Å². The molecule has 0 saturated heterocycles. The summed E-state index contributed by atoms with van der Waals surface area (Å²) in [5, 5.41) is 29.7. The fourth-order valence-electron chi connectivity index (χ4n) is 1.10. The van der Waals surface area contributed by atoms with Crippen LogP contribution in [0.25, 0.3) is 0 Å². The molecular formula is C9H12Cl2N2O4. The van der Waals surface area contributed by atoms with Gasteiger partial charge in [-0.3, -0.25) is 4.79 Å². The maximum Gasteiger partial charge on any atom is 0.268 e. The van der Waals surface area contributed by atoms with Crippen molar-refractivity contribution in [3.8, 4) is 0 Å². The lowest BCUT2D eigenvalue weighted by Crippen LogP contribution is -2.57. The Morgan fingerprint density at radius 3 is 2.18 bits per heavy atom. The van der Waals surface area contributed by atoms with Gasteiger partial charge in [-0.15, -0.1) is 0 Å². The van der Waals surface area contributed by atoms with Crippen molar-refractivity contribution < 1.29 is 20.1 Å². The summed E-state index contributed by atoms with van der Waals surface area (Å²) >= 11 is 11.3. The van der Waals surface area contributed by atoms with Gasteiger partial charge < -0.3 is 25.6 Å². The topological polar surface area (TPSA) is 106 Å².